The topological polar surface area (TPSA) is 89.4 Å². The summed E-state index contributed by atoms with van der Waals surface area (Å²) in [7, 11) is 1.90. The van der Waals surface area contributed by atoms with E-state index < -0.39 is 0 Å². The van der Waals surface area contributed by atoms with E-state index in [1.54, 1.807) is 30.6 Å². The van der Waals surface area contributed by atoms with Gasteiger partial charge in [-0.1, -0.05) is 23.4 Å². The summed E-state index contributed by atoms with van der Waals surface area (Å²) in [4.78, 5) is 23.5. The fourth-order valence-corrected chi connectivity index (χ4v) is 3.51. The van der Waals surface area contributed by atoms with Crippen LogP contribution in [0, 0.1) is 0 Å². The summed E-state index contributed by atoms with van der Waals surface area (Å²) in [6.07, 6.45) is 3.43. The highest BCUT2D eigenvalue weighted by molar-refractivity contribution is 7.98. The van der Waals surface area contributed by atoms with E-state index in [1.165, 1.54) is 11.8 Å². The van der Waals surface area contributed by atoms with Crippen LogP contribution in [-0.2, 0) is 12.8 Å². The van der Waals surface area contributed by atoms with E-state index in [0.29, 0.717) is 27.5 Å². The van der Waals surface area contributed by atoms with Crippen LogP contribution in [0.25, 0.3) is 22.3 Å². The third kappa shape index (κ3) is 3.21. The predicted molar refractivity (Wildman–Crippen MR) is 101 cm³/mol. The highest BCUT2D eigenvalue weighted by atomic mass is 35.5. The van der Waals surface area contributed by atoms with Gasteiger partial charge in [0.2, 0.25) is 0 Å². The van der Waals surface area contributed by atoms with Gasteiger partial charge in [0.25, 0.3) is 5.56 Å². The van der Waals surface area contributed by atoms with Crippen LogP contribution in [0.5, 0.6) is 0 Å². The Morgan fingerprint density at radius 3 is 2.81 bits per heavy atom. The largest absolute Gasteiger partial charge is 0.309 e. The van der Waals surface area contributed by atoms with Gasteiger partial charge < -0.3 is 9.55 Å². The molecule has 0 radical (unpaired) electrons. The lowest BCUT2D eigenvalue weighted by atomic mass is 10.2. The van der Waals surface area contributed by atoms with Gasteiger partial charge in [0.1, 0.15) is 5.82 Å². The van der Waals surface area contributed by atoms with Crippen molar-refractivity contribution in [1.29, 1.82) is 0 Å². The van der Waals surface area contributed by atoms with Crippen LogP contribution >= 0.6 is 23.4 Å². The standard InChI is InChI=1S/C17H13ClN6OS/c1-24-15(10-4-6-19-7-5-10)22-23-17(24)26-9-14-20-13-3-2-11(18)8-12(13)16(25)21-14/h2-8H,9H2,1H3,(H,20,21,25). The normalized spacial score (nSPS) is 11.2. The maximum Gasteiger partial charge on any atom is 0.258 e. The molecule has 0 spiro atoms. The number of thioether (sulfide) groups is 1. The second-order valence-electron chi connectivity index (χ2n) is 5.56. The Kier molecular flexibility index (Phi) is 4.44. The molecule has 0 aliphatic carbocycles. The van der Waals surface area contributed by atoms with Crippen LogP contribution in [0.2, 0.25) is 5.02 Å². The van der Waals surface area contributed by atoms with Crippen molar-refractivity contribution >= 4 is 34.3 Å². The first-order valence-corrected chi connectivity index (χ1v) is 9.09. The van der Waals surface area contributed by atoms with Crippen molar-refractivity contribution in [2.24, 2.45) is 7.05 Å². The van der Waals surface area contributed by atoms with Gasteiger partial charge in [-0.3, -0.25) is 9.78 Å². The lowest BCUT2D eigenvalue weighted by molar-refractivity contribution is 0.792. The summed E-state index contributed by atoms with van der Waals surface area (Å²) in [5.74, 6) is 1.80. The minimum Gasteiger partial charge on any atom is -0.309 e. The third-order valence-corrected chi connectivity index (χ3v) is 5.09. The molecular formula is C17H13ClN6OS. The summed E-state index contributed by atoms with van der Waals surface area (Å²) < 4.78 is 1.90. The Morgan fingerprint density at radius 2 is 2.00 bits per heavy atom. The molecule has 1 N–H and O–H groups in total. The van der Waals surface area contributed by atoms with Gasteiger partial charge in [-0.15, -0.1) is 10.2 Å². The van der Waals surface area contributed by atoms with E-state index >= 15 is 0 Å². The van der Waals surface area contributed by atoms with E-state index in [0.717, 1.165) is 16.5 Å². The number of hydrogen-bond donors (Lipinski definition) is 1. The van der Waals surface area contributed by atoms with Crippen molar-refractivity contribution in [3.63, 3.8) is 0 Å². The van der Waals surface area contributed by atoms with Crippen molar-refractivity contribution in [2.75, 3.05) is 0 Å². The first-order chi connectivity index (χ1) is 12.6. The molecule has 26 heavy (non-hydrogen) atoms. The molecule has 0 aliphatic heterocycles. The number of H-pyrrole nitrogens is 1. The van der Waals surface area contributed by atoms with Gasteiger partial charge >= 0.3 is 0 Å². The number of aromatic amines is 1. The molecule has 7 nitrogen and oxygen atoms in total. The molecule has 9 heteroatoms. The molecule has 130 valence electrons. The zero-order valence-corrected chi connectivity index (χ0v) is 15.3. The zero-order valence-electron chi connectivity index (χ0n) is 13.7. The second kappa shape index (κ2) is 6.89. The van der Waals surface area contributed by atoms with Crippen molar-refractivity contribution in [2.45, 2.75) is 10.9 Å². The average Bonchev–Trinajstić information content (AvgIpc) is 3.02. The lowest BCUT2D eigenvalue weighted by Crippen LogP contribution is -2.11. The molecule has 0 fully saturated rings. The van der Waals surface area contributed by atoms with Gasteiger partial charge in [-0.2, -0.15) is 0 Å². The maximum absolute atomic E-state index is 12.2. The minimum atomic E-state index is -0.205. The molecule has 4 rings (SSSR count). The van der Waals surface area contributed by atoms with Crippen molar-refractivity contribution in [3.05, 3.63) is 63.9 Å². The SMILES string of the molecule is Cn1c(SCc2nc3ccc(Cl)cc3c(=O)[nH]2)nnc1-c1ccncc1. The summed E-state index contributed by atoms with van der Waals surface area (Å²) in [6.45, 7) is 0. The number of benzene rings is 1. The molecule has 0 saturated heterocycles. The van der Waals surface area contributed by atoms with Gasteiger partial charge in [0, 0.05) is 30.0 Å². The van der Waals surface area contributed by atoms with Crippen molar-refractivity contribution < 1.29 is 0 Å². The van der Waals surface area contributed by atoms with E-state index in [4.69, 9.17) is 11.6 Å². The number of aromatic nitrogens is 6. The summed E-state index contributed by atoms with van der Waals surface area (Å²) >= 11 is 7.39. The smallest absolute Gasteiger partial charge is 0.258 e. The van der Waals surface area contributed by atoms with Crippen LogP contribution in [0.3, 0.4) is 0 Å². The van der Waals surface area contributed by atoms with E-state index in [2.05, 4.69) is 25.1 Å². The number of rotatable bonds is 4. The summed E-state index contributed by atoms with van der Waals surface area (Å²) in [5.41, 5.74) is 1.35. The zero-order chi connectivity index (χ0) is 18.1. The van der Waals surface area contributed by atoms with Crippen LogP contribution < -0.4 is 5.56 Å². The molecular weight excluding hydrogens is 372 g/mol. The van der Waals surface area contributed by atoms with E-state index in [-0.39, 0.29) is 5.56 Å². The molecule has 0 atom stereocenters. The third-order valence-electron chi connectivity index (χ3n) is 3.83. The highest BCUT2D eigenvalue weighted by Crippen LogP contribution is 2.24. The van der Waals surface area contributed by atoms with Crippen molar-refractivity contribution in [3.8, 4) is 11.4 Å². The Hall–Kier alpha value is -2.71. The van der Waals surface area contributed by atoms with Gasteiger partial charge in [-0.25, -0.2) is 4.98 Å². The minimum absolute atomic E-state index is 0.205. The highest BCUT2D eigenvalue weighted by Gasteiger charge is 2.12. The average molecular weight is 385 g/mol. The maximum atomic E-state index is 12.2. The first kappa shape index (κ1) is 16.7. The van der Waals surface area contributed by atoms with Gasteiger partial charge in [0.15, 0.2) is 11.0 Å². The molecule has 0 saturated carbocycles. The monoisotopic (exact) mass is 384 g/mol. The summed E-state index contributed by atoms with van der Waals surface area (Å²) in [6, 6.07) is 8.84. The number of nitrogens with one attached hydrogen (secondary N) is 1. The first-order valence-electron chi connectivity index (χ1n) is 7.73. The van der Waals surface area contributed by atoms with Crippen LogP contribution in [-0.4, -0.2) is 29.7 Å². The Labute approximate surface area is 157 Å². The molecule has 1 aromatic carbocycles. The van der Waals surface area contributed by atoms with Crippen LogP contribution in [0.1, 0.15) is 5.82 Å². The fraction of sp³-hybridized carbons (Fsp3) is 0.118. The lowest BCUT2D eigenvalue weighted by Gasteiger charge is -2.05. The number of fused-ring (bicyclic) bond motifs is 1. The number of nitrogens with zero attached hydrogens (tertiary/aromatic N) is 5. The molecule has 3 aromatic heterocycles. The Balaban J connectivity index is 1.58. The predicted octanol–water partition coefficient (Wildman–Crippen LogP) is 3.06. The quantitative estimate of drug-likeness (QED) is 0.544. The van der Waals surface area contributed by atoms with Crippen LogP contribution in [0.4, 0.5) is 0 Å². The Bertz CT molecular complexity index is 1140. The van der Waals surface area contributed by atoms with E-state index in [1.807, 2.05) is 23.7 Å². The van der Waals surface area contributed by atoms with Gasteiger partial charge in [0.05, 0.1) is 16.7 Å². The second-order valence-corrected chi connectivity index (χ2v) is 6.94. The molecule has 0 bridgehead atoms. The molecule has 0 amide bonds. The summed E-state index contributed by atoms with van der Waals surface area (Å²) in [5, 5.41) is 10.2. The number of pyridine rings is 1. The van der Waals surface area contributed by atoms with Gasteiger partial charge in [-0.05, 0) is 30.3 Å². The van der Waals surface area contributed by atoms with Crippen molar-refractivity contribution in [1.82, 2.24) is 29.7 Å². The fourth-order valence-electron chi connectivity index (χ4n) is 2.55. The molecule has 0 unspecified atom stereocenters. The Morgan fingerprint density at radius 1 is 1.19 bits per heavy atom. The number of halogens is 1. The number of hydrogen-bond acceptors (Lipinski definition) is 6. The molecule has 3 heterocycles. The molecule has 0 aliphatic rings. The van der Waals surface area contributed by atoms with Crippen LogP contribution in [0.15, 0.2) is 52.7 Å². The molecule has 4 aromatic rings. The van der Waals surface area contributed by atoms with E-state index in [9.17, 15) is 4.79 Å².